The summed E-state index contributed by atoms with van der Waals surface area (Å²) in [4.78, 5) is 42.4. The van der Waals surface area contributed by atoms with E-state index in [4.69, 9.17) is 5.84 Å². The van der Waals surface area contributed by atoms with Crippen LogP contribution in [0.3, 0.4) is 0 Å². The Hall–Kier alpha value is -2.00. The third-order valence-corrected chi connectivity index (χ3v) is 4.01. The summed E-state index contributed by atoms with van der Waals surface area (Å²) in [6.45, 7) is 3.78. The van der Waals surface area contributed by atoms with E-state index < -0.39 is 17.7 Å². The molecule has 0 saturated carbocycles. The van der Waals surface area contributed by atoms with E-state index in [9.17, 15) is 14.4 Å². The van der Waals surface area contributed by atoms with Crippen LogP contribution in [0.4, 0.5) is 0 Å². The summed E-state index contributed by atoms with van der Waals surface area (Å²) >= 11 is 1.15. The van der Waals surface area contributed by atoms with Gasteiger partial charge in [0.25, 0.3) is 5.91 Å². The number of hydrazine groups is 1. The van der Waals surface area contributed by atoms with Gasteiger partial charge in [0, 0.05) is 25.0 Å². The highest BCUT2D eigenvalue weighted by Gasteiger charge is 2.32. The Morgan fingerprint density at radius 1 is 1.38 bits per heavy atom. The predicted octanol–water partition coefficient (Wildman–Crippen LogP) is -0.673. The van der Waals surface area contributed by atoms with Crippen LogP contribution in [0.5, 0.6) is 0 Å². The molecule has 8 nitrogen and oxygen atoms in total. The van der Waals surface area contributed by atoms with E-state index in [2.05, 4.69) is 4.98 Å². The second kappa shape index (κ2) is 6.64. The Morgan fingerprint density at radius 2 is 2.05 bits per heavy atom. The molecule has 0 bridgehead atoms. The fraction of sp³-hybridized carbons (Fsp3) is 0.500. The molecular formula is C12H17N5O3S. The van der Waals surface area contributed by atoms with Gasteiger partial charge in [0.15, 0.2) is 5.01 Å². The maximum Gasteiger partial charge on any atom is 0.312 e. The Labute approximate surface area is 125 Å². The molecule has 3 amide bonds. The van der Waals surface area contributed by atoms with Crippen molar-refractivity contribution >= 4 is 29.1 Å². The molecule has 2 rings (SSSR count). The molecule has 0 atom stereocenters. The normalized spacial score (nSPS) is 15.5. The lowest BCUT2D eigenvalue weighted by Gasteiger charge is -2.33. The van der Waals surface area contributed by atoms with Crippen LogP contribution in [0.2, 0.25) is 0 Å². The molecule has 0 aromatic carbocycles. The predicted molar refractivity (Wildman–Crippen MR) is 76.1 cm³/mol. The summed E-state index contributed by atoms with van der Waals surface area (Å²) in [6.07, 6.45) is 0.822. The smallest absolute Gasteiger partial charge is 0.312 e. The van der Waals surface area contributed by atoms with Crippen LogP contribution in [0.15, 0.2) is 5.38 Å². The second-order valence-corrected chi connectivity index (χ2v) is 5.49. The Bertz CT molecular complexity index is 559. The van der Waals surface area contributed by atoms with Crippen molar-refractivity contribution in [2.75, 3.05) is 19.6 Å². The standard InChI is InChI=1S/C12H17N5O3S/c1-2-3-16-4-5-17(12(20)11(16)19)6-8-7-21-10(14-8)9(18)15-13/h7H,2-6,13H2,1H3,(H,15,18). The van der Waals surface area contributed by atoms with Gasteiger partial charge in [-0.1, -0.05) is 6.92 Å². The molecule has 1 aromatic heterocycles. The van der Waals surface area contributed by atoms with Crippen LogP contribution >= 0.6 is 11.3 Å². The number of amides is 3. The highest BCUT2D eigenvalue weighted by Crippen LogP contribution is 2.14. The van der Waals surface area contributed by atoms with Gasteiger partial charge in [0.2, 0.25) is 0 Å². The zero-order valence-corrected chi connectivity index (χ0v) is 12.5. The van der Waals surface area contributed by atoms with Crippen molar-refractivity contribution in [3.63, 3.8) is 0 Å². The monoisotopic (exact) mass is 311 g/mol. The zero-order valence-electron chi connectivity index (χ0n) is 11.7. The summed E-state index contributed by atoms with van der Waals surface area (Å²) in [5.74, 6) is 3.57. The van der Waals surface area contributed by atoms with E-state index >= 15 is 0 Å². The van der Waals surface area contributed by atoms with Crippen molar-refractivity contribution in [3.05, 3.63) is 16.1 Å². The van der Waals surface area contributed by atoms with Crippen molar-refractivity contribution < 1.29 is 14.4 Å². The maximum atomic E-state index is 12.0. The van der Waals surface area contributed by atoms with Crippen LogP contribution in [0.25, 0.3) is 0 Å². The summed E-state index contributed by atoms with van der Waals surface area (Å²) in [5, 5.41) is 1.91. The maximum absolute atomic E-state index is 12.0. The molecule has 1 aliphatic rings. The van der Waals surface area contributed by atoms with Gasteiger partial charge in [-0.25, -0.2) is 10.8 Å². The number of nitrogens with zero attached hydrogens (tertiary/aromatic N) is 3. The van der Waals surface area contributed by atoms with Gasteiger partial charge < -0.3 is 9.80 Å². The van der Waals surface area contributed by atoms with Gasteiger partial charge in [0.05, 0.1) is 12.2 Å². The van der Waals surface area contributed by atoms with Crippen molar-refractivity contribution in [1.82, 2.24) is 20.2 Å². The number of aromatic nitrogens is 1. The quantitative estimate of drug-likeness (QED) is 0.324. The highest BCUT2D eigenvalue weighted by molar-refractivity contribution is 7.11. The molecule has 0 aliphatic carbocycles. The lowest BCUT2D eigenvalue weighted by atomic mass is 10.2. The molecule has 0 spiro atoms. The molecule has 9 heteroatoms. The number of rotatable bonds is 5. The molecule has 3 N–H and O–H groups in total. The van der Waals surface area contributed by atoms with Crippen molar-refractivity contribution in [1.29, 1.82) is 0 Å². The van der Waals surface area contributed by atoms with Crippen molar-refractivity contribution in [2.45, 2.75) is 19.9 Å². The van der Waals surface area contributed by atoms with E-state index in [0.717, 1.165) is 17.8 Å². The molecule has 0 unspecified atom stereocenters. The van der Waals surface area contributed by atoms with Crippen molar-refractivity contribution in [2.24, 2.45) is 5.84 Å². The van der Waals surface area contributed by atoms with Crippen LogP contribution in [0.1, 0.15) is 28.8 Å². The molecule has 0 radical (unpaired) electrons. The van der Waals surface area contributed by atoms with Crippen molar-refractivity contribution in [3.8, 4) is 0 Å². The first-order chi connectivity index (χ1) is 10.1. The third kappa shape index (κ3) is 3.37. The number of nitrogens with two attached hydrogens (primary N) is 1. The molecule has 1 fully saturated rings. The van der Waals surface area contributed by atoms with Gasteiger partial charge in [0.1, 0.15) is 0 Å². The van der Waals surface area contributed by atoms with Crippen LogP contribution in [0, 0.1) is 0 Å². The van der Waals surface area contributed by atoms with E-state index in [0.29, 0.717) is 25.3 Å². The summed E-state index contributed by atoms with van der Waals surface area (Å²) in [7, 11) is 0. The van der Waals surface area contributed by atoms with E-state index in [1.807, 2.05) is 12.3 Å². The topological polar surface area (TPSA) is 109 Å². The molecule has 2 heterocycles. The largest absolute Gasteiger partial charge is 0.333 e. The molecule has 1 saturated heterocycles. The Morgan fingerprint density at radius 3 is 2.71 bits per heavy atom. The number of thiazole rings is 1. The number of carbonyl (C=O) groups is 3. The van der Waals surface area contributed by atoms with Crippen LogP contribution in [-0.2, 0) is 16.1 Å². The first kappa shape index (κ1) is 15.4. The summed E-state index contributed by atoms with van der Waals surface area (Å²) in [5.41, 5.74) is 2.57. The van der Waals surface area contributed by atoms with Gasteiger partial charge in [-0.3, -0.25) is 19.8 Å². The fourth-order valence-electron chi connectivity index (χ4n) is 2.09. The number of hydrogen-bond acceptors (Lipinski definition) is 6. The average molecular weight is 311 g/mol. The van der Waals surface area contributed by atoms with Gasteiger partial charge in [-0.2, -0.15) is 0 Å². The summed E-state index contributed by atoms with van der Waals surface area (Å²) < 4.78 is 0. The molecule has 1 aromatic rings. The van der Waals surface area contributed by atoms with Crippen LogP contribution < -0.4 is 11.3 Å². The molecular weight excluding hydrogens is 294 g/mol. The molecule has 1 aliphatic heterocycles. The Kier molecular flexibility index (Phi) is 4.86. The molecule has 114 valence electrons. The number of nitrogens with one attached hydrogen (secondary N) is 1. The number of nitrogen functional groups attached to an aromatic ring is 1. The van der Waals surface area contributed by atoms with Crippen LogP contribution in [-0.4, -0.2) is 52.1 Å². The fourth-order valence-corrected chi connectivity index (χ4v) is 2.80. The lowest BCUT2D eigenvalue weighted by molar-refractivity contribution is -0.156. The average Bonchev–Trinajstić information content (AvgIpc) is 2.95. The zero-order chi connectivity index (χ0) is 15.4. The summed E-state index contributed by atoms with van der Waals surface area (Å²) in [6, 6.07) is 0. The Balaban J connectivity index is 2.01. The lowest BCUT2D eigenvalue weighted by Crippen LogP contribution is -2.54. The SMILES string of the molecule is CCCN1CCN(Cc2csc(C(=O)NN)n2)C(=O)C1=O. The minimum Gasteiger partial charge on any atom is -0.333 e. The van der Waals surface area contributed by atoms with Gasteiger partial charge in [-0.05, 0) is 6.42 Å². The minimum atomic E-state index is -0.521. The third-order valence-electron chi connectivity index (χ3n) is 3.12. The highest BCUT2D eigenvalue weighted by atomic mass is 32.1. The second-order valence-electron chi connectivity index (χ2n) is 4.64. The van der Waals surface area contributed by atoms with E-state index in [1.54, 1.807) is 10.3 Å². The first-order valence-electron chi connectivity index (χ1n) is 6.60. The molecule has 21 heavy (non-hydrogen) atoms. The number of hydrogen-bond donors (Lipinski definition) is 2. The number of carbonyl (C=O) groups excluding carboxylic acids is 3. The van der Waals surface area contributed by atoms with E-state index in [1.165, 1.54) is 4.90 Å². The minimum absolute atomic E-state index is 0.221. The number of piperazine rings is 1. The van der Waals surface area contributed by atoms with Gasteiger partial charge in [-0.15, -0.1) is 11.3 Å². The first-order valence-corrected chi connectivity index (χ1v) is 7.48. The van der Waals surface area contributed by atoms with Gasteiger partial charge >= 0.3 is 11.8 Å². The van der Waals surface area contributed by atoms with E-state index in [-0.39, 0.29) is 11.6 Å².